The summed E-state index contributed by atoms with van der Waals surface area (Å²) in [5, 5.41) is 4.18. The lowest BCUT2D eigenvalue weighted by molar-refractivity contribution is -0.116. The Balaban J connectivity index is 2.22. The molecule has 0 aliphatic carbocycles. The van der Waals surface area contributed by atoms with Gasteiger partial charge in [-0.25, -0.2) is 4.68 Å². The number of rotatable bonds is 3. The van der Waals surface area contributed by atoms with E-state index in [0.717, 1.165) is 15.7 Å². The zero-order chi connectivity index (χ0) is 11.5. The van der Waals surface area contributed by atoms with Crippen molar-refractivity contribution in [3.8, 4) is 5.69 Å². The van der Waals surface area contributed by atoms with Crippen LogP contribution in [0.1, 0.15) is 12.5 Å². The Morgan fingerprint density at radius 2 is 2.06 bits per heavy atom. The van der Waals surface area contributed by atoms with E-state index in [1.807, 2.05) is 30.5 Å². The average molecular weight is 279 g/mol. The van der Waals surface area contributed by atoms with Gasteiger partial charge in [0.25, 0.3) is 0 Å². The minimum atomic E-state index is 0.176. The van der Waals surface area contributed by atoms with Crippen LogP contribution in [0.2, 0.25) is 0 Å². The molecule has 1 aromatic heterocycles. The maximum absolute atomic E-state index is 10.9. The molecule has 0 N–H and O–H groups in total. The first-order valence-electron chi connectivity index (χ1n) is 4.94. The van der Waals surface area contributed by atoms with Crippen molar-refractivity contribution in [2.75, 3.05) is 0 Å². The molecule has 3 nitrogen and oxygen atoms in total. The van der Waals surface area contributed by atoms with Gasteiger partial charge in [-0.05, 0) is 40.5 Å². The van der Waals surface area contributed by atoms with Gasteiger partial charge in [-0.3, -0.25) is 4.79 Å². The molecule has 2 rings (SSSR count). The van der Waals surface area contributed by atoms with Crippen LogP contribution in [-0.2, 0) is 11.2 Å². The first-order chi connectivity index (χ1) is 7.65. The van der Waals surface area contributed by atoms with Crippen LogP contribution in [0, 0.1) is 0 Å². The summed E-state index contributed by atoms with van der Waals surface area (Å²) >= 11 is 3.35. The Kier molecular flexibility index (Phi) is 3.19. The highest BCUT2D eigenvalue weighted by atomic mass is 79.9. The lowest BCUT2D eigenvalue weighted by atomic mass is 10.1. The minimum Gasteiger partial charge on any atom is -0.300 e. The number of carbonyl (C=O) groups excluding carboxylic acids is 1. The summed E-state index contributed by atoms with van der Waals surface area (Å²) in [5.74, 6) is 0.176. The molecule has 0 fully saturated rings. The Morgan fingerprint density at radius 1 is 1.38 bits per heavy atom. The van der Waals surface area contributed by atoms with E-state index < -0.39 is 0 Å². The van der Waals surface area contributed by atoms with Crippen LogP contribution in [0.5, 0.6) is 0 Å². The first kappa shape index (κ1) is 11.1. The van der Waals surface area contributed by atoms with Crippen molar-refractivity contribution in [3.63, 3.8) is 0 Å². The fourth-order valence-corrected chi connectivity index (χ4v) is 1.78. The zero-order valence-electron chi connectivity index (χ0n) is 8.85. The van der Waals surface area contributed by atoms with Gasteiger partial charge in [0.05, 0.1) is 16.4 Å². The maximum Gasteiger partial charge on any atom is 0.134 e. The van der Waals surface area contributed by atoms with Gasteiger partial charge < -0.3 is 0 Å². The summed E-state index contributed by atoms with van der Waals surface area (Å²) in [7, 11) is 0. The number of nitrogens with zero attached hydrogens (tertiary/aromatic N) is 2. The van der Waals surface area contributed by atoms with Crippen molar-refractivity contribution in [2.45, 2.75) is 13.3 Å². The molecule has 4 heteroatoms. The lowest BCUT2D eigenvalue weighted by Crippen LogP contribution is -1.98. The quantitative estimate of drug-likeness (QED) is 0.866. The molecular weight excluding hydrogens is 268 g/mol. The van der Waals surface area contributed by atoms with Crippen molar-refractivity contribution in [1.29, 1.82) is 0 Å². The van der Waals surface area contributed by atoms with Gasteiger partial charge in [0.1, 0.15) is 5.78 Å². The van der Waals surface area contributed by atoms with Crippen LogP contribution in [0.25, 0.3) is 5.69 Å². The van der Waals surface area contributed by atoms with E-state index in [1.165, 1.54) is 0 Å². The van der Waals surface area contributed by atoms with E-state index in [0.29, 0.717) is 6.42 Å². The van der Waals surface area contributed by atoms with Crippen LogP contribution in [0.3, 0.4) is 0 Å². The molecule has 82 valence electrons. The first-order valence-corrected chi connectivity index (χ1v) is 5.73. The third kappa shape index (κ3) is 2.58. The van der Waals surface area contributed by atoms with Crippen LogP contribution in [-0.4, -0.2) is 15.6 Å². The largest absolute Gasteiger partial charge is 0.300 e. The molecular formula is C12H11BrN2O. The molecule has 1 aromatic carbocycles. The normalized spacial score (nSPS) is 10.4. The van der Waals surface area contributed by atoms with Gasteiger partial charge in [0.15, 0.2) is 0 Å². The van der Waals surface area contributed by atoms with Crippen LogP contribution in [0.4, 0.5) is 0 Å². The Hall–Kier alpha value is -1.42. The Bertz CT molecular complexity index is 502. The maximum atomic E-state index is 10.9. The molecule has 0 aliphatic rings. The Morgan fingerprint density at radius 3 is 2.56 bits per heavy atom. The van der Waals surface area contributed by atoms with E-state index in [-0.39, 0.29) is 5.78 Å². The van der Waals surface area contributed by atoms with Crippen LogP contribution >= 0.6 is 15.9 Å². The van der Waals surface area contributed by atoms with E-state index in [9.17, 15) is 4.79 Å². The number of ketones is 1. The van der Waals surface area contributed by atoms with E-state index in [4.69, 9.17) is 0 Å². The zero-order valence-corrected chi connectivity index (χ0v) is 10.4. The fourth-order valence-electron chi connectivity index (χ4n) is 1.50. The summed E-state index contributed by atoms with van der Waals surface area (Å²) < 4.78 is 2.72. The highest BCUT2D eigenvalue weighted by Crippen LogP contribution is 2.13. The van der Waals surface area contributed by atoms with Gasteiger partial charge in [-0.2, -0.15) is 5.10 Å². The molecule has 0 saturated carbocycles. The third-order valence-electron chi connectivity index (χ3n) is 2.21. The molecule has 0 saturated heterocycles. The van der Waals surface area contributed by atoms with E-state index >= 15 is 0 Å². The number of benzene rings is 1. The smallest absolute Gasteiger partial charge is 0.134 e. The summed E-state index contributed by atoms with van der Waals surface area (Å²) in [4.78, 5) is 10.9. The topological polar surface area (TPSA) is 34.9 Å². The number of aromatic nitrogens is 2. The van der Waals surface area contributed by atoms with E-state index in [2.05, 4.69) is 21.0 Å². The highest BCUT2D eigenvalue weighted by Gasteiger charge is 2.00. The second kappa shape index (κ2) is 4.61. The fraction of sp³-hybridized carbons (Fsp3) is 0.167. The van der Waals surface area contributed by atoms with Gasteiger partial charge >= 0.3 is 0 Å². The molecule has 0 aliphatic heterocycles. The number of hydrogen-bond donors (Lipinski definition) is 0. The van der Waals surface area contributed by atoms with Crippen molar-refractivity contribution in [1.82, 2.24) is 9.78 Å². The number of Topliss-reactive ketones (excluding diaryl/α,β-unsaturated/α-hetero) is 1. The molecule has 0 atom stereocenters. The van der Waals surface area contributed by atoms with Gasteiger partial charge in [0, 0.05) is 12.6 Å². The summed E-state index contributed by atoms with van der Waals surface area (Å²) in [6, 6.07) is 7.81. The van der Waals surface area contributed by atoms with Crippen molar-refractivity contribution in [3.05, 3.63) is 46.7 Å². The third-order valence-corrected chi connectivity index (χ3v) is 2.61. The predicted octanol–water partition coefficient (Wildman–Crippen LogP) is 2.77. The van der Waals surface area contributed by atoms with Crippen LogP contribution in [0.15, 0.2) is 41.1 Å². The number of carbonyl (C=O) groups is 1. The molecule has 0 bridgehead atoms. The lowest BCUT2D eigenvalue weighted by Gasteiger charge is -2.02. The van der Waals surface area contributed by atoms with Gasteiger partial charge in [-0.1, -0.05) is 12.1 Å². The molecule has 0 amide bonds. The van der Waals surface area contributed by atoms with Gasteiger partial charge in [-0.15, -0.1) is 0 Å². The molecule has 0 unspecified atom stereocenters. The molecule has 0 radical (unpaired) electrons. The van der Waals surface area contributed by atoms with Crippen molar-refractivity contribution < 1.29 is 4.79 Å². The van der Waals surface area contributed by atoms with Crippen molar-refractivity contribution >= 4 is 21.7 Å². The summed E-state index contributed by atoms with van der Waals surface area (Å²) in [5.41, 5.74) is 2.01. The minimum absolute atomic E-state index is 0.176. The van der Waals surface area contributed by atoms with E-state index in [1.54, 1.807) is 17.8 Å². The summed E-state index contributed by atoms with van der Waals surface area (Å²) in [6.07, 6.45) is 4.12. The summed E-state index contributed by atoms with van der Waals surface area (Å²) in [6.45, 7) is 1.60. The molecule has 2 aromatic rings. The Labute approximate surface area is 102 Å². The second-order valence-electron chi connectivity index (χ2n) is 3.65. The molecule has 0 spiro atoms. The number of hydrogen-bond acceptors (Lipinski definition) is 2. The predicted molar refractivity (Wildman–Crippen MR) is 65.6 cm³/mol. The molecule has 1 heterocycles. The SMILES string of the molecule is CC(=O)Cc1ccc(-n2cc(Br)cn2)cc1. The average Bonchev–Trinajstić information content (AvgIpc) is 2.65. The second-order valence-corrected chi connectivity index (χ2v) is 4.56. The van der Waals surface area contributed by atoms with Crippen molar-refractivity contribution in [2.24, 2.45) is 0 Å². The highest BCUT2D eigenvalue weighted by molar-refractivity contribution is 9.10. The van der Waals surface area contributed by atoms with Crippen LogP contribution < -0.4 is 0 Å². The standard InChI is InChI=1S/C12H11BrN2O/c1-9(16)6-10-2-4-12(5-3-10)15-8-11(13)7-14-15/h2-5,7-8H,6H2,1H3. The number of halogens is 1. The monoisotopic (exact) mass is 278 g/mol. The molecule has 16 heavy (non-hydrogen) atoms. The van der Waals surface area contributed by atoms with Gasteiger partial charge in [0.2, 0.25) is 0 Å².